The van der Waals surface area contributed by atoms with Gasteiger partial charge in [0.1, 0.15) is 0 Å². The number of rotatable bonds is 7. The fraction of sp³-hybridized carbons (Fsp3) is 0.286. The zero-order valence-corrected chi connectivity index (χ0v) is 16.1. The van der Waals surface area contributed by atoms with E-state index in [4.69, 9.17) is 16.1 Å². The van der Waals surface area contributed by atoms with E-state index < -0.39 is 0 Å². The number of carbonyl (C=O) groups is 1. The van der Waals surface area contributed by atoms with Gasteiger partial charge in [0, 0.05) is 23.4 Å². The highest BCUT2D eigenvalue weighted by atomic mass is 35.5. The molecule has 0 aliphatic rings. The number of nitrogens with one attached hydrogen (secondary N) is 1. The van der Waals surface area contributed by atoms with Gasteiger partial charge in [0.15, 0.2) is 0 Å². The number of carbonyl (C=O) groups excluding carboxylic acids is 1. The number of hydrogen-bond donors (Lipinski definition) is 1. The van der Waals surface area contributed by atoms with Crippen LogP contribution in [0.2, 0.25) is 5.02 Å². The quantitative estimate of drug-likeness (QED) is 0.634. The van der Waals surface area contributed by atoms with Gasteiger partial charge in [-0.15, -0.1) is 0 Å². The lowest BCUT2D eigenvalue weighted by Gasteiger charge is -2.22. The molecular formula is C21H22ClN3O2. The molecule has 0 bridgehead atoms. The minimum atomic E-state index is -0.0382. The number of aromatic nitrogens is 2. The molecule has 6 heteroatoms. The summed E-state index contributed by atoms with van der Waals surface area (Å²) < 4.78 is 5.26. The second-order valence-electron chi connectivity index (χ2n) is 6.72. The maximum absolute atomic E-state index is 12.4. The summed E-state index contributed by atoms with van der Waals surface area (Å²) in [7, 11) is 0. The molecule has 0 aliphatic heterocycles. The highest BCUT2D eigenvalue weighted by Gasteiger charge is 2.18. The zero-order chi connectivity index (χ0) is 19.2. The first-order valence-corrected chi connectivity index (χ1v) is 9.33. The largest absolute Gasteiger partial charge is 0.349 e. The van der Waals surface area contributed by atoms with E-state index in [9.17, 15) is 4.79 Å². The van der Waals surface area contributed by atoms with Gasteiger partial charge in [0.2, 0.25) is 17.6 Å². The number of hydrogen-bond acceptors (Lipinski definition) is 4. The van der Waals surface area contributed by atoms with Crippen LogP contribution in [0.25, 0.3) is 11.4 Å². The molecule has 27 heavy (non-hydrogen) atoms. The normalized spacial score (nSPS) is 12.1. The summed E-state index contributed by atoms with van der Waals surface area (Å²) in [4.78, 5) is 16.8. The van der Waals surface area contributed by atoms with Crippen molar-refractivity contribution in [2.75, 3.05) is 0 Å². The number of benzene rings is 2. The molecule has 1 atom stereocenters. The van der Waals surface area contributed by atoms with Crippen LogP contribution < -0.4 is 5.32 Å². The van der Waals surface area contributed by atoms with Gasteiger partial charge in [0.05, 0.1) is 6.04 Å². The highest BCUT2D eigenvalue weighted by molar-refractivity contribution is 6.30. The predicted octanol–water partition coefficient (Wildman–Crippen LogP) is 4.84. The van der Waals surface area contributed by atoms with Crippen LogP contribution in [0.5, 0.6) is 0 Å². The van der Waals surface area contributed by atoms with Gasteiger partial charge in [-0.2, -0.15) is 4.98 Å². The average molecular weight is 384 g/mol. The molecule has 0 fully saturated rings. The van der Waals surface area contributed by atoms with Gasteiger partial charge in [-0.05, 0) is 35.7 Å². The Labute approximate surface area is 163 Å². The summed E-state index contributed by atoms with van der Waals surface area (Å²) in [5.41, 5.74) is 1.92. The second kappa shape index (κ2) is 8.82. The molecule has 5 nitrogen and oxygen atoms in total. The highest BCUT2D eigenvalue weighted by Crippen LogP contribution is 2.22. The van der Waals surface area contributed by atoms with E-state index in [0.29, 0.717) is 23.2 Å². The van der Waals surface area contributed by atoms with Crippen LogP contribution in [-0.2, 0) is 11.2 Å². The maximum Gasteiger partial charge on any atom is 0.227 e. The van der Waals surface area contributed by atoms with Crippen molar-refractivity contribution in [2.45, 2.75) is 32.7 Å². The van der Waals surface area contributed by atoms with Crippen molar-refractivity contribution in [3.05, 3.63) is 71.1 Å². The fourth-order valence-corrected chi connectivity index (χ4v) is 2.96. The van der Waals surface area contributed by atoms with E-state index in [0.717, 1.165) is 11.1 Å². The van der Waals surface area contributed by atoms with Crippen molar-refractivity contribution >= 4 is 17.5 Å². The van der Waals surface area contributed by atoms with Gasteiger partial charge >= 0.3 is 0 Å². The third-order valence-corrected chi connectivity index (χ3v) is 4.53. The lowest BCUT2D eigenvalue weighted by molar-refractivity contribution is -0.122. The Morgan fingerprint density at radius 2 is 1.81 bits per heavy atom. The van der Waals surface area contributed by atoms with E-state index in [2.05, 4.69) is 29.3 Å². The standard InChI is InChI=1S/C21H22ClN3O2/c1-14(2)20(15-6-4-3-5-7-15)23-18(26)12-13-19-24-21(25-27-19)16-8-10-17(22)11-9-16/h3-11,14,20H,12-13H2,1-2H3,(H,23,26). The van der Waals surface area contributed by atoms with Crippen LogP contribution in [0.15, 0.2) is 59.1 Å². The maximum atomic E-state index is 12.4. The molecule has 0 saturated carbocycles. The monoisotopic (exact) mass is 383 g/mol. The van der Waals surface area contributed by atoms with Crippen LogP contribution in [0, 0.1) is 5.92 Å². The molecular weight excluding hydrogens is 362 g/mol. The summed E-state index contributed by atoms with van der Waals surface area (Å²) in [6.45, 7) is 4.18. The van der Waals surface area contributed by atoms with Crippen LogP contribution in [0.1, 0.15) is 37.8 Å². The molecule has 1 N–H and O–H groups in total. The van der Waals surface area contributed by atoms with Crippen LogP contribution in [0.4, 0.5) is 0 Å². The van der Waals surface area contributed by atoms with Gasteiger partial charge < -0.3 is 9.84 Å². The Morgan fingerprint density at radius 3 is 2.48 bits per heavy atom. The van der Waals surface area contributed by atoms with Crippen molar-refractivity contribution in [3.63, 3.8) is 0 Å². The third kappa shape index (κ3) is 5.17. The summed E-state index contributed by atoms with van der Waals surface area (Å²) in [5.74, 6) is 1.18. The van der Waals surface area contributed by atoms with E-state index in [-0.39, 0.29) is 24.3 Å². The van der Waals surface area contributed by atoms with Crippen molar-refractivity contribution in [2.24, 2.45) is 5.92 Å². The van der Waals surface area contributed by atoms with Crippen molar-refractivity contribution in [3.8, 4) is 11.4 Å². The summed E-state index contributed by atoms with van der Waals surface area (Å²) in [6, 6.07) is 17.2. The number of aryl methyl sites for hydroxylation is 1. The predicted molar refractivity (Wildman–Crippen MR) is 105 cm³/mol. The van der Waals surface area contributed by atoms with Gasteiger partial charge in [-0.3, -0.25) is 4.79 Å². The molecule has 140 valence electrons. The molecule has 1 aromatic heterocycles. The van der Waals surface area contributed by atoms with Crippen LogP contribution in [-0.4, -0.2) is 16.0 Å². The van der Waals surface area contributed by atoms with E-state index in [1.165, 1.54) is 0 Å². The topological polar surface area (TPSA) is 68.0 Å². The molecule has 0 aliphatic carbocycles. The Balaban J connectivity index is 1.58. The molecule has 3 aromatic rings. The summed E-state index contributed by atoms with van der Waals surface area (Å²) >= 11 is 5.89. The van der Waals surface area contributed by atoms with E-state index in [1.807, 2.05) is 42.5 Å². The Kier molecular flexibility index (Phi) is 6.24. The number of halogens is 1. The molecule has 0 saturated heterocycles. The first-order valence-electron chi connectivity index (χ1n) is 8.96. The third-order valence-electron chi connectivity index (χ3n) is 4.28. The molecule has 1 unspecified atom stereocenters. The average Bonchev–Trinajstić information content (AvgIpc) is 3.14. The first kappa shape index (κ1) is 19.1. The van der Waals surface area contributed by atoms with Gasteiger partial charge in [0.25, 0.3) is 0 Å². The Bertz CT molecular complexity index is 876. The van der Waals surface area contributed by atoms with Gasteiger partial charge in [-0.25, -0.2) is 0 Å². The molecule has 0 spiro atoms. The smallest absolute Gasteiger partial charge is 0.227 e. The summed E-state index contributed by atoms with van der Waals surface area (Å²) in [5, 5.41) is 7.72. The van der Waals surface area contributed by atoms with Gasteiger partial charge in [-0.1, -0.05) is 60.9 Å². The van der Waals surface area contributed by atoms with Crippen LogP contribution in [0.3, 0.4) is 0 Å². The van der Waals surface area contributed by atoms with Crippen molar-refractivity contribution in [1.82, 2.24) is 15.5 Å². The van der Waals surface area contributed by atoms with E-state index >= 15 is 0 Å². The molecule has 3 rings (SSSR count). The lowest BCUT2D eigenvalue weighted by atomic mass is 9.96. The minimum Gasteiger partial charge on any atom is -0.349 e. The molecule has 2 aromatic carbocycles. The number of nitrogens with zero attached hydrogens (tertiary/aromatic N) is 2. The lowest BCUT2D eigenvalue weighted by Crippen LogP contribution is -2.31. The number of amides is 1. The fourth-order valence-electron chi connectivity index (χ4n) is 2.83. The Hall–Kier alpha value is -2.66. The Morgan fingerprint density at radius 1 is 1.11 bits per heavy atom. The van der Waals surface area contributed by atoms with Crippen molar-refractivity contribution < 1.29 is 9.32 Å². The zero-order valence-electron chi connectivity index (χ0n) is 15.4. The molecule has 1 amide bonds. The minimum absolute atomic E-state index is 0.0222. The van der Waals surface area contributed by atoms with E-state index in [1.54, 1.807) is 12.1 Å². The summed E-state index contributed by atoms with van der Waals surface area (Å²) in [6.07, 6.45) is 0.685. The molecule has 0 radical (unpaired) electrons. The SMILES string of the molecule is CC(C)C(NC(=O)CCc1nc(-c2ccc(Cl)cc2)no1)c1ccccc1. The van der Waals surface area contributed by atoms with Crippen molar-refractivity contribution in [1.29, 1.82) is 0 Å². The van der Waals surface area contributed by atoms with Crippen LogP contribution >= 0.6 is 11.6 Å². The molecule has 1 heterocycles. The first-order chi connectivity index (χ1) is 13.0. The second-order valence-corrected chi connectivity index (χ2v) is 7.15.